The molecule has 0 saturated heterocycles. The highest BCUT2D eigenvalue weighted by atomic mass is 79.9. The number of nitriles is 1. The van der Waals surface area contributed by atoms with Crippen molar-refractivity contribution < 1.29 is 9.66 Å². The number of nitrogens with zero attached hydrogens (tertiary/aromatic N) is 2. The average molecular weight is 314 g/mol. The summed E-state index contributed by atoms with van der Waals surface area (Å²) in [5, 5.41) is 22.4. The van der Waals surface area contributed by atoms with Crippen molar-refractivity contribution in [3.8, 4) is 11.8 Å². The number of rotatable bonds is 6. The van der Waals surface area contributed by atoms with Crippen molar-refractivity contribution in [3.05, 3.63) is 32.8 Å². The lowest BCUT2D eigenvalue weighted by molar-refractivity contribution is -0.385. The van der Waals surface area contributed by atoms with Gasteiger partial charge in [-0.15, -0.1) is 0 Å². The van der Waals surface area contributed by atoms with Crippen molar-refractivity contribution in [3.63, 3.8) is 0 Å². The Kier molecular flexibility index (Phi) is 5.55. The van der Waals surface area contributed by atoms with Crippen molar-refractivity contribution in [1.29, 1.82) is 5.26 Å². The molecule has 0 spiro atoms. The summed E-state index contributed by atoms with van der Waals surface area (Å²) < 4.78 is 6.01. The Balaban J connectivity index is 2.75. The van der Waals surface area contributed by atoms with Crippen LogP contribution >= 0.6 is 15.9 Å². The number of halogens is 1. The molecule has 0 aliphatic rings. The molecule has 1 unspecified atom stereocenters. The molecular formula is C11H12BrN3O3. The van der Waals surface area contributed by atoms with E-state index in [-0.39, 0.29) is 12.3 Å². The number of nitro groups is 1. The maximum atomic E-state index is 10.6. The minimum atomic E-state index is -0.495. The summed E-state index contributed by atoms with van der Waals surface area (Å²) in [5.41, 5.74) is -0.0508. The zero-order chi connectivity index (χ0) is 13.5. The van der Waals surface area contributed by atoms with E-state index in [1.54, 1.807) is 6.07 Å². The Morgan fingerprint density at radius 3 is 2.94 bits per heavy atom. The zero-order valence-corrected chi connectivity index (χ0v) is 11.3. The number of ether oxygens (including phenoxy) is 1. The minimum absolute atomic E-state index is 0.0508. The van der Waals surface area contributed by atoms with E-state index >= 15 is 0 Å². The van der Waals surface area contributed by atoms with Crippen LogP contribution in [0.4, 0.5) is 5.69 Å². The van der Waals surface area contributed by atoms with Gasteiger partial charge in [0.15, 0.2) is 0 Å². The summed E-state index contributed by atoms with van der Waals surface area (Å²) >= 11 is 3.24. The quantitative estimate of drug-likeness (QED) is 0.642. The van der Waals surface area contributed by atoms with Gasteiger partial charge in [-0.1, -0.05) is 6.92 Å². The first kappa shape index (κ1) is 14.4. The number of non-ortho nitro benzene ring substituents is 1. The van der Waals surface area contributed by atoms with Gasteiger partial charge >= 0.3 is 0 Å². The Hall–Kier alpha value is -1.65. The van der Waals surface area contributed by atoms with E-state index in [0.717, 1.165) is 0 Å². The summed E-state index contributed by atoms with van der Waals surface area (Å²) in [7, 11) is 0. The Labute approximate surface area is 113 Å². The van der Waals surface area contributed by atoms with Gasteiger partial charge in [0.25, 0.3) is 5.69 Å². The summed E-state index contributed by atoms with van der Waals surface area (Å²) in [6.45, 7) is 2.66. The standard InChI is InChI=1S/C11H12BrN3O3/c1-2-14-8(6-13)7-18-11-5-9(15(16)17)3-4-10(11)12/h3-5,8,14H,2,7H2,1H3. The second kappa shape index (κ2) is 6.93. The maximum absolute atomic E-state index is 10.6. The molecule has 0 aliphatic heterocycles. The van der Waals surface area contributed by atoms with E-state index in [0.29, 0.717) is 16.8 Å². The first-order valence-electron chi connectivity index (χ1n) is 5.28. The van der Waals surface area contributed by atoms with Gasteiger partial charge in [0.1, 0.15) is 18.4 Å². The fraction of sp³-hybridized carbons (Fsp3) is 0.364. The second-order valence-electron chi connectivity index (χ2n) is 3.42. The predicted octanol–water partition coefficient (Wildman–Crippen LogP) is 2.24. The van der Waals surface area contributed by atoms with Crippen molar-refractivity contribution >= 4 is 21.6 Å². The lowest BCUT2D eigenvalue weighted by atomic mass is 10.3. The van der Waals surface area contributed by atoms with Crippen LogP contribution in [0.1, 0.15) is 6.92 Å². The Morgan fingerprint density at radius 1 is 1.67 bits per heavy atom. The van der Waals surface area contributed by atoms with Crippen LogP contribution in [0.3, 0.4) is 0 Å². The largest absolute Gasteiger partial charge is 0.489 e. The topological polar surface area (TPSA) is 88.2 Å². The van der Waals surface area contributed by atoms with Crippen LogP contribution in [0.5, 0.6) is 5.75 Å². The number of benzene rings is 1. The molecule has 0 bridgehead atoms. The second-order valence-corrected chi connectivity index (χ2v) is 4.28. The molecule has 1 atom stereocenters. The van der Waals surface area contributed by atoms with Crippen molar-refractivity contribution in [2.45, 2.75) is 13.0 Å². The van der Waals surface area contributed by atoms with Gasteiger partial charge in [-0.3, -0.25) is 15.4 Å². The molecule has 0 amide bonds. The number of hydrogen-bond acceptors (Lipinski definition) is 5. The van der Waals surface area contributed by atoms with E-state index in [1.165, 1.54) is 12.1 Å². The summed E-state index contributed by atoms with van der Waals surface area (Å²) in [5.74, 6) is 0.349. The van der Waals surface area contributed by atoms with Crippen LogP contribution in [0.25, 0.3) is 0 Å². The first-order chi connectivity index (χ1) is 8.58. The molecule has 6 nitrogen and oxygen atoms in total. The number of nitrogens with one attached hydrogen (secondary N) is 1. The smallest absolute Gasteiger partial charge is 0.273 e. The maximum Gasteiger partial charge on any atom is 0.273 e. The van der Waals surface area contributed by atoms with Crippen LogP contribution in [0, 0.1) is 21.4 Å². The van der Waals surface area contributed by atoms with Crippen LogP contribution in [-0.2, 0) is 0 Å². The molecule has 0 fully saturated rings. The van der Waals surface area contributed by atoms with E-state index in [2.05, 4.69) is 21.2 Å². The van der Waals surface area contributed by atoms with E-state index in [1.807, 2.05) is 13.0 Å². The third kappa shape index (κ3) is 3.98. The van der Waals surface area contributed by atoms with E-state index in [9.17, 15) is 10.1 Å². The van der Waals surface area contributed by atoms with Crippen molar-refractivity contribution in [2.75, 3.05) is 13.2 Å². The molecule has 0 radical (unpaired) electrons. The molecular weight excluding hydrogens is 302 g/mol. The molecule has 18 heavy (non-hydrogen) atoms. The van der Waals surface area contributed by atoms with Gasteiger partial charge in [-0.2, -0.15) is 5.26 Å². The van der Waals surface area contributed by atoms with E-state index in [4.69, 9.17) is 10.00 Å². The fourth-order valence-electron chi connectivity index (χ4n) is 1.28. The van der Waals surface area contributed by atoms with Gasteiger partial charge in [-0.25, -0.2) is 0 Å². The molecule has 1 N–H and O–H groups in total. The lowest BCUT2D eigenvalue weighted by Crippen LogP contribution is -2.33. The molecule has 0 aromatic heterocycles. The zero-order valence-electron chi connectivity index (χ0n) is 9.72. The van der Waals surface area contributed by atoms with Crippen molar-refractivity contribution in [1.82, 2.24) is 5.32 Å². The first-order valence-corrected chi connectivity index (χ1v) is 6.07. The summed E-state index contributed by atoms with van der Waals surface area (Å²) in [4.78, 5) is 10.1. The SMILES string of the molecule is CCNC(C#N)COc1cc([N+](=O)[O-])ccc1Br. The molecule has 96 valence electrons. The average Bonchev–Trinajstić information content (AvgIpc) is 2.35. The Morgan fingerprint density at radius 2 is 2.39 bits per heavy atom. The highest BCUT2D eigenvalue weighted by Crippen LogP contribution is 2.29. The van der Waals surface area contributed by atoms with Gasteiger partial charge < -0.3 is 4.74 Å². The van der Waals surface area contributed by atoms with Gasteiger partial charge in [0, 0.05) is 6.07 Å². The van der Waals surface area contributed by atoms with Crippen LogP contribution < -0.4 is 10.1 Å². The predicted molar refractivity (Wildman–Crippen MR) is 69.4 cm³/mol. The third-order valence-corrected chi connectivity index (χ3v) is 2.79. The number of likely N-dealkylation sites (N-methyl/N-ethyl adjacent to an activating group) is 1. The molecule has 0 aliphatic carbocycles. The van der Waals surface area contributed by atoms with Crippen LogP contribution in [0.15, 0.2) is 22.7 Å². The van der Waals surface area contributed by atoms with Gasteiger partial charge in [-0.05, 0) is 28.5 Å². The molecule has 1 aromatic rings. The highest BCUT2D eigenvalue weighted by Gasteiger charge is 2.12. The van der Waals surface area contributed by atoms with Gasteiger partial charge in [0.2, 0.25) is 0 Å². The summed E-state index contributed by atoms with van der Waals surface area (Å²) in [6.07, 6.45) is 0. The van der Waals surface area contributed by atoms with Gasteiger partial charge in [0.05, 0.1) is 21.5 Å². The lowest BCUT2D eigenvalue weighted by Gasteiger charge is -2.12. The monoisotopic (exact) mass is 313 g/mol. The normalized spacial score (nSPS) is 11.6. The summed E-state index contributed by atoms with van der Waals surface area (Å²) in [6, 6.07) is 5.85. The van der Waals surface area contributed by atoms with Crippen LogP contribution in [-0.4, -0.2) is 24.1 Å². The highest BCUT2D eigenvalue weighted by molar-refractivity contribution is 9.10. The molecule has 1 rings (SSSR count). The minimum Gasteiger partial charge on any atom is -0.489 e. The fourth-order valence-corrected chi connectivity index (χ4v) is 1.64. The Bertz CT molecular complexity index is 473. The third-order valence-electron chi connectivity index (χ3n) is 2.14. The van der Waals surface area contributed by atoms with E-state index < -0.39 is 11.0 Å². The number of nitro benzene ring substituents is 1. The number of hydrogen-bond donors (Lipinski definition) is 1. The van der Waals surface area contributed by atoms with Crippen LogP contribution in [0.2, 0.25) is 0 Å². The molecule has 7 heteroatoms. The van der Waals surface area contributed by atoms with Crippen molar-refractivity contribution in [2.24, 2.45) is 0 Å². The molecule has 1 aromatic carbocycles. The molecule has 0 heterocycles. The molecule has 0 saturated carbocycles.